The lowest BCUT2D eigenvalue weighted by molar-refractivity contribution is -0.122. The average molecular weight is 320 g/mol. The van der Waals surface area contributed by atoms with Crippen molar-refractivity contribution in [1.82, 2.24) is 5.32 Å². The number of carbonyl (C=O) groups excluding carboxylic acids is 2. The molecule has 0 aliphatic heterocycles. The molecule has 0 bridgehead atoms. The van der Waals surface area contributed by atoms with Gasteiger partial charge in [-0.15, -0.1) is 0 Å². The van der Waals surface area contributed by atoms with Gasteiger partial charge in [0.1, 0.15) is 0 Å². The molecule has 4 nitrogen and oxygen atoms in total. The smallest absolute Gasteiger partial charge is 0.243 e. The Kier molecular flexibility index (Phi) is 4.96. The van der Waals surface area contributed by atoms with Crippen molar-refractivity contribution in [1.29, 1.82) is 0 Å². The molecule has 1 aromatic rings. The average Bonchev–Trinajstić information content (AvgIpc) is 2.23. The molecular formula is C11H12BrClN2O2. The second kappa shape index (κ2) is 6.02. The van der Waals surface area contributed by atoms with Crippen LogP contribution in [0, 0.1) is 6.92 Å². The lowest BCUT2D eigenvalue weighted by Gasteiger charge is -2.09. The van der Waals surface area contributed by atoms with Gasteiger partial charge in [-0.05, 0) is 40.5 Å². The lowest BCUT2D eigenvalue weighted by Crippen LogP contribution is -2.31. The van der Waals surface area contributed by atoms with Crippen LogP contribution in [0.25, 0.3) is 0 Å². The van der Waals surface area contributed by atoms with Gasteiger partial charge in [0.25, 0.3) is 0 Å². The number of hydrogen-bond donors (Lipinski definition) is 2. The van der Waals surface area contributed by atoms with Crippen molar-refractivity contribution in [2.24, 2.45) is 0 Å². The molecule has 0 saturated heterocycles. The first-order valence-electron chi connectivity index (χ1n) is 4.90. The van der Waals surface area contributed by atoms with E-state index in [1.54, 1.807) is 6.07 Å². The Labute approximate surface area is 113 Å². The molecule has 0 atom stereocenters. The topological polar surface area (TPSA) is 58.2 Å². The summed E-state index contributed by atoms with van der Waals surface area (Å²) in [7, 11) is 0. The fraction of sp³-hybridized carbons (Fsp3) is 0.273. The maximum absolute atomic E-state index is 11.5. The molecule has 2 N–H and O–H groups in total. The minimum absolute atomic E-state index is 0.0622. The summed E-state index contributed by atoms with van der Waals surface area (Å²) in [5, 5.41) is 5.63. The summed E-state index contributed by atoms with van der Waals surface area (Å²) < 4.78 is 0.746. The van der Waals surface area contributed by atoms with E-state index < -0.39 is 0 Å². The van der Waals surface area contributed by atoms with Crippen LogP contribution in [0.1, 0.15) is 12.5 Å². The zero-order valence-corrected chi connectivity index (χ0v) is 11.8. The maximum Gasteiger partial charge on any atom is 0.243 e. The van der Waals surface area contributed by atoms with Crippen LogP contribution in [0.15, 0.2) is 16.6 Å². The van der Waals surface area contributed by atoms with E-state index in [2.05, 4.69) is 26.6 Å². The third kappa shape index (κ3) is 4.36. The molecule has 1 rings (SSSR count). The van der Waals surface area contributed by atoms with Crippen molar-refractivity contribution in [2.75, 3.05) is 11.9 Å². The molecule has 0 aliphatic carbocycles. The van der Waals surface area contributed by atoms with E-state index in [-0.39, 0.29) is 18.4 Å². The van der Waals surface area contributed by atoms with Gasteiger partial charge in [-0.25, -0.2) is 0 Å². The van der Waals surface area contributed by atoms with E-state index in [1.165, 1.54) is 6.92 Å². The summed E-state index contributed by atoms with van der Waals surface area (Å²) in [4.78, 5) is 22.1. The summed E-state index contributed by atoms with van der Waals surface area (Å²) in [6, 6.07) is 3.48. The van der Waals surface area contributed by atoms with E-state index in [0.717, 1.165) is 10.0 Å². The van der Waals surface area contributed by atoms with Crippen LogP contribution in [-0.4, -0.2) is 18.4 Å². The van der Waals surface area contributed by atoms with Crippen molar-refractivity contribution in [3.63, 3.8) is 0 Å². The normalized spacial score (nSPS) is 9.88. The predicted octanol–water partition coefficient (Wildman–Crippen LogP) is 2.49. The standard InChI is InChI=1S/C11H12BrClN2O2/c1-6-3-8(12)10(4-9(6)13)15-11(17)5-14-7(2)16/h3-4H,5H2,1-2H3,(H,14,16)(H,15,17). The van der Waals surface area contributed by atoms with Crippen molar-refractivity contribution >= 4 is 45.0 Å². The first-order valence-corrected chi connectivity index (χ1v) is 6.07. The van der Waals surface area contributed by atoms with Gasteiger partial charge in [0.05, 0.1) is 12.2 Å². The number of rotatable bonds is 3. The fourth-order valence-electron chi connectivity index (χ4n) is 1.14. The van der Waals surface area contributed by atoms with Crippen LogP contribution >= 0.6 is 27.5 Å². The Morgan fingerprint density at radius 3 is 2.65 bits per heavy atom. The van der Waals surface area contributed by atoms with Crippen LogP contribution in [0.5, 0.6) is 0 Å². The highest BCUT2D eigenvalue weighted by Crippen LogP contribution is 2.28. The van der Waals surface area contributed by atoms with Crippen LogP contribution < -0.4 is 10.6 Å². The summed E-state index contributed by atoms with van der Waals surface area (Å²) in [6.45, 7) is 3.16. The van der Waals surface area contributed by atoms with Gasteiger partial charge >= 0.3 is 0 Å². The van der Waals surface area contributed by atoms with Gasteiger partial charge in [-0.2, -0.15) is 0 Å². The molecular weight excluding hydrogens is 307 g/mol. The maximum atomic E-state index is 11.5. The van der Waals surface area contributed by atoms with Crippen LogP contribution in [0.3, 0.4) is 0 Å². The molecule has 2 amide bonds. The third-order valence-corrected chi connectivity index (χ3v) is 3.08. The number of carbonyl (C=O) groups is 2. The second-order valence-corrected chi connectivity index (χ2v) is 4.80. The minimum Gasteiger partial charge on any atom is -0.347 e. The van der Waals surface area contributed by atoms with Gasteiger partial charge in [-0.1, -0.05) is 11.6 Å². The predicted molar refractivity (Wildman–Crippen MR) is 71.2 cm³/mol. The van der Waals surface area contributed by atoms with Gasteiger partial charge in [0, 0.05) is 16.4 Å². The third-order valence-electron chi connectivity index (χ3n) is 2.02. The largest absolute Gasteiger partial charge is 0.347 e. The molecule has 0 radical (unpaired) electrons. The zero-order chi connectivity index (χ0) is 13.0. The summed E-state index contributed by atoms with van der Waals surface area (Å²) in [5.41, 5.74) is 1.49. The highest BCUT2D eigenvalue weighted by molar-refractivity contribution is 9.10. The Morgan fingerprint density at radius 1 is 1.41 bits per heavy atom. The summed E-state index contributed by atoms with van der Waals surface area (Å²) in [5.74, 6) is -0.554. The van der Waals surface area contributed by atoms with Crippen molar-refractivity contribution in [3.05, 3.63) is 27.2 Å². The van der Waals surface area contributed by atoms with Gasteiger partial charge < -0.3 is 10.6 Å². The molecule has 0 aliphatic rings. The molecule has 0 fully saturated rings. The Bertz CT molecular complexity index is 463. The monoisotopic (exact) mass is 318 g/mol. The quantitative estimate of drug-likeness (QED) is 0.899. The number of nitrogens with one attached hydrogen (secondary N) is 2. The number of hydrogen-bond acceptors (Lipinski definition) is 2. The van der Waals surface area contributed by atoms with Gasteiger partial charge in [0.2, 0.25) is 11.8 Å². The molecule has 0 heterocycles. The van der Waals surface area contributed by atoms with Crippen molar-refractivity contribution in [2.45, 2.75) is 13.8 Å². The highest BCUT2D eigenvalue weighted by atomic mass is 79.9. The number of aryl methyl sites for hydroxylation is 1. The van der Waals surface area contributed by atoms with Crippen LogP contribution in [0.2, 0.25) is 5.02 Å². The SMILES string of the molecule is CC(=O)NCC(=O)Nc1cc(Cl)c(C)cc1Br. The van der Waals surface area contributed by atoms with Crippen molar-refractivity contribution in [3.8, 4) is 0 Å². The second-order valence-electron chi connectivity index (χ2n) is 3.54. The summed E-state index contributed by atoms with van der Waals surface area (Å²) in [6.07, 6.45) is 0. The lowest BCUT2D eigenvalue weighted by atomic mass is 10.2. The number of amides is 2. The van der Waals surface area contributed by atoms with Gasteiger partial charge in [0.15, 0.2) is 0 Å². The number of benzene rings is 1. The van der Waals surface area contributed by atoms with E-state index >= 15 is 0 Å². The molecule has 6 heteroatoms. The molecule has 0 aromatic heterocycles. The molecule has 0 saturated carbocycles. The van der Waals surface area contributed by atoms with Crippen LogP contribution in [0.4, 0.5) is 5.69 Å². The van der Waals surface area contributed by atoms with Crippen LogP contribution in [-0.2, 0) is 9.59 Å². The number of halogens is 2. The van der Waals surface area contributed by atoms with E-state index in [0.29, 0.717) is 10.7 Å². The fourth-order valence-corrected chi connectivity index (χ4v) is 1.86. The zero-order valence-electron chi connectivity index (χ0n) is 9.43. The van der Waals surface area contributed by atoms with E-state index in [1.807, 2.05) is 13.0 Å². The molecule has 0 unspecified atom stereocenters. The molecule has 1 aromatic carbocycles. The number of anilines is 1. The molecule has 17 heavy (non-hydrogen) atoms. The first kappa shape index (κ1) is 14.0. The Balaban J connectivity index is 2.71. The summed E-state index contributed by atoms with van der Waals surface area (Å²) >= 11 is 9.28. The van der Waals surface area contributed by atoms with E-state index in [9.17, 15) is 9.59 Å². The Morgan fingerprint density at radius 2 is 2.06 bits per heavy atom. The van der Waals surface area contributed by atoms with Gasteiger partial charge in [-0.3, -0.25) is 9.59 Å². The van der Waals surface area contributed by atoms with E-state index in [4.69, 9.17) is 11.6 Å². The molecule has 0 spiro atoms. The van der Waals surface area contributed by atoms with Crippen molar-refractivity contribution < 1.29 is 9.59 Å². The highest BCUT2D eigenvalue weighted by Gasteiger charge is 2.08. The first-order chi connectivity index (χ1) is 7.90. The minimum atomic E-state index is -0.305. The Hall–Kier alpha value is -1.07. The molecule has 92 valence electrons.